The Morgan fingerprint density at radius 2 is 1.97 bits per heavy atom. The molecular formula is C19H15N3O6S2. The van der Waals surface area contributed by atoms with E-state index < -0.39 is 16.0 Å². The Balaban J connectivity index is 1.74. The molecule has 0 fully saturated rings. The molecule has 5 rings (SSSR count). The first-order valence-electron chi connectivity index (χ1n) is 8.77. The molecule has 1 aromatic heterocycles. The molecule has 0 unspecified atom stereocenters. The van der Waals surface area contributed by atoms with Crippen molar-refractivity contribution >= 4 is 27.8 Å². The average molecular weight is 445 g/mol. The molecule has 2 N–H and O–H groups in total. The number of benzene rings is 2. The van der Waals surface area contributed by atoms with Crippen molar-refractivity contribution in [3.63, 3.8) is 0 Å². The second-order valence-electron chi connectivity index (χ2n) is 6.58. The number of thioether (sulfide) groups is 1. The van der Waals surface area contributed by atoms with Gasteiger partial charge in [-0.2, -0.15) is 5.10 Å². The van der Waals surface area contributed by atoms with Crippen molar-refractivity contribution in [2.45, 2.75) is 15.5 Å². The van der Waals surface area contributed by atoms with Gasteiger partial charge in [-0.15, -0.1) is 11.8 Å². The Morgan fingerprint density at radius 1 is 1.20 bits per heavy atom. The second kappa shape index (κ2) is 6.76. The number of carbonyl (C=O) groups is 1. The van der Waals surface area contributed by atoms with Crippen LogP contribution in [0.15, 0.2) is 46.2 Å². The Hall–Kier alpha value is -3.02. The maximum Gasteiger partial charge on any atom is 0.359 e. The van der Waals surface area contributed by atoms with E-state index in [1.807, 2.05) is 12.1 Å². The molecule has 0 atom stereocenters. The highest BCUT2D eigenvalue weighted by Crippen LogP contribution is 2.50. The molecule has 0 spiro atoms. The third kappa shape index (κ3) is 2.85. The van der Waals surface area contributed by atoms with Crippen molar-refractivity contribution in [2.24, 2.45) is 5.14 Å². The number of nitrogens with zero attached hydrogens (tertiary/aromatic N) is 2. The van der Waals surface area contributed by atoms with Crippen molar-refractivity contribution < 1.29 is 27.4 Å². The molecule has 0 radical (unpaired) electrons. The number of aromatic nitrogens is 2. The summed E-state index contributed by atoms with van der Waals surface area (Å²) in [5, 5.41) is 9.68. The van der Waals surface area contributed by atoms with Gasteiger partial charge in [-0.25, -0.2) is 23.0 Å². The minimum absolute atomic E-state index is 0.0152. The number of nitrogens with two attached hydrogens (primary N) is 1. The van der Waals surface area contributed by atoms with Crippen molar-refractivity contribution in [1.82, 2.24) is 9.78 Å². The van der Waals surface area contributed by atoms with Crippen LogP contribution in [0.3, 0.4) is 0 Å². The maximum absolute atomic E-state index is 12.4. The summed E-state index contributed by atoms with van der Waals surface area (Å²) in [6, 6.07) is 9.68. The van der Waals surface area contributed by atoms with E-state index in [-0.39, 0.29) is 17.4 Å². The summed E-state index contributed by atoms with van der Waals surface area (Å²) in [6.45, 7) is 0.158. The Morgan fingerprint density at radius 3 is 2.67 bits per heavy atom. The summed E-state index contributed by atoms with van der Waals surface area (Å²) in [4.78, 5) is 13.0. The highest BCUT2D eigenvalue weighted by molar-refractivity contribution is 7.98. The lowest BCUT2D eigenvalue weighted by Gasteiger charge is -2.19. The fourth-order valence-electron chi connectivity index (χ4n) is 3.51. The van der Waals surface area contributed by atoms with Gasteiger partial charge in [-0.1, -0.05) is 0 Å². The summed E-state index contributed by atoms with van der Waals surface area (Å²) in [7, 11) is -2.53. The molecule has 9 nitrogen and oxygen atoms in total. The lowest BCUT2D eigenvalue weighted by molar-refractivity contribution is 0.0589. The zero-order chi connectivity index (χ0) is 21.0. The van der Waals surface area contributed by atoms with Gasteiger partial charge in [-0.3, -0.25) is 0 Å². The number of sulfonamides is 1. The van der Waals surface area contributed by atoms with Gasteiger partial charge < -0.3 is 14.2 Å². The molecule has 2 aliphatic heterocycles. The summed E-state index contributed by atoms with van der Waals surface area (Å²) >= 11 is 1.46. The topological polar surface area (TPSA) is 123 Å². The predicted octanol–water partition coefficient (Wildman–Crippen LogP) is 2.31. The van der Waals surface area contributed by atoms with E-state index in [1.54, 1.807) is 16.8 Å². The molecule has 0 bridgehead atoms. The largest absolute Gasteiger partial charge is 0.464 e. The van der Waals surface area contributed by atoms with E-state index in [0.29, 0.717) is 33.5 Å². The third-order valence-electron chi connectivity index (χ3n) is 4.89. The Labute approximate surface area is 175 Å². The van der Waals surface area contributed by atoms with Crippen LogP contribution in [0, 0.1) is 0 Å². The van der Waals surface area contributed by atoms with Gasteiger partial charge in [0.15, 0.2) is 17.2 Å². The Kier molecular flexibility index (Phi) is 4.27. The first-order chi connectivity index (χ1) is 14.4. The molecule has 11 heteroatoms. The van der Waals surface area contributed by atoms with Gasteiger partial charge in [0, 0.05) is 16.9 Å². The molecule has 0 saturated carbocycles. The maximum atomic E-state index is 12.4. The van der Waals surface area contributed by atoms with Crippen LogP contribution in [-0.4, -0.2) is 38.1 Å². The predicted molar refractivity (Wildman–Crippen MR) is 107 cm³/mol. The molecule has 0 saturated heterocycles. The van der Waals surface area contributed by atoms with E-state index in [4.69, 9.17) is 19.3 Å². The monoisotopic (exact) mass is 445 g/mol. The quantitative estimate of drug-likeness (QED) is 0.610. The molecule has 154 valence electrons. The van der Waals surface area contributed by atoms with Crippen LogP contribution in [-0.2, 0) is 20.5 Å². The molecule has 0 aliphatic carbocycles. The van der Waals surface area contributed by atoms with Crippen molar-refractivity contribution in [2.75, 3.05) is 13.9 Å². The van der Waals surface area contributed by atoms with Crippen LogP contribution in [0.2, 0.25) is 0 Å². The van der Waals surface area contributed by atoms with Crippen LogP contribution in [0.4, 0.5) is 0 Å². The van der Waals surface area contributed by atoms with Crippen LogP contribution in [0.1, 0.15) is 16.1 Å². The first kappa shape index (κ1) is 19.0. The van der Waals surface area contributed by atoms with E-state index in [1.165, 1.54) is 31.0 Å². The van der Waals surface area contributed by atoms with E-state index >= 15 is 0 Å². The van der Waals surface area contributed by atoms with E-state index in [9.17, 15) is 13.2 Å². The molecule has 2 aromatic carbocycles. The number of fused-ring (bicyclic) bond motifs is 5. The number of methoxy groups -OCH3 is 1. The van der Waals surface area contributed by atoms with Crippen LogP contribution in [0.25, 0.3) is 16.9 Å². The number of primary sulfonamides is 1. The molecule has 30 heavy (non-hydrogen) atoms. The summed E-state index contributed by atoms with van der Waals surface area (Å²) in [5.74, 6) is 1.38. The zero-order valence-electron chi connectivity index (χ0n) is 15.6. The average Bonchev–Trinajstić information content (AvgIpc) is 3.37. The summed E-state index contributed by atoms with van der Waals surface area (Å²) in [5.41, 5.74) is 3.26. The SMILES string of the molecule is COC(=O)c1nn(-c2ccc(S(N)(=O)=O)cc2)c2c1SCc1c-2ccc2c1OCO2. The van der Waals surface area contributed by atoms with Crippen molar-refractivity contribution in [3.05, 3.63) is 47.7 Å². The second-order valence-corrected chi connectivity index (χ2v) is 9.13. The molecule has 3 aromatic rings. The number of hydrogen-bond acceptors (Lipinski definition) is 8. The van der Waals surface area contributed by atoms with E-state index in [2.05, 4.69) is 5.10 Å². The number of carbonyl (C=O) groups excluding carboxylic acids is 1. The fraction of sp³-hybridized carbons (Fsp3) is 0.158. The van der Waals surface area contributed by atoms with Gasteiger partial charge in [0.05, 0.1) is 28.3 Å². The van der Waals surface area contributed by atoms with Crippen molar-refractivity contribution in [1.29, 1.82) is 0 Å². The molecule has 2 aliphatic rings. The standard InChI is InChI=1S/C19H15N3O6S2/c1-26-19(23)15-18-16(12-6-7-14-17(28-9-27-14)13(12)8-29-18)22(21-15)10-2-4-11(5-3-10)30(20,24)25/h2-7H,8-9H2,1H3,(H2,20,24,25). The number of esters is 1. The summed E-state index contributed by atoms with van der Waals surface area (Å²) < 4.78 is 40.8. The first-order valence-corrected chi connectivity index (χ1v) is 11.3. The van der Waals surface area contributed by atoms with Gasteiger partial charge in [0.2, 0.25) is 16.8 Å². The smallest absolute Gasteiger partial charge is 0.359 e. The van der Waals surface area contributed by atoms with Gasteiger partial charge >= 0.3 is 5.97 Å². The number of hydrogen-bond donors (Lipinski definition) is 1. The molecular weight excluding hydrogens is 430 g/mol. The van der Waals surface area contributed by atoms with Gasteiger partial charge in [0.1, 0.15) is 0 Å². The highest BCUT2D eigenvalue weighted by atomic mass is 32.2. The van der Waals surface area contributed by atoms with Gasteiger partial charge in [0.25, 0.3) is 0 Å². The number of ether oxygens (including phenoxy) is 3. The minimum Gasteiger partial charge on any atom is -0.464 e. The lowest BCUT2D eigenvalue weighted by atomic mass is 10.0. The lowest BCUT2D eigenvalue weighted by Crippen LogP contribution is -2.12. The minimum atomic E-state index is -3.83. The van der Waals surface area contributed by atoms with Crippen LogP contribution < -0.4 is 14.6 Å². The normalized spacial score (nSPS) is 14.2. The van der Waals surface area contributed by atoms with Crippen LogP contribution in [0.5, 0.6) is 11.5 Å². The highest BCUT2D eigenvalue weighted by Gasteiger charge is 2.33. The molecule has 3 heterocycles. The van der Waals surface area contributed by atoms with E-state index in [0.717, 1.165) is 11.1 Å². The summed E-state index contributed by atoms with van der Waals surface area (Å²) in [6.07, 6.45) is 0. The zero-order valence-corrected chi connectivity index (χ0v) is 17.2. The van der Waals surface area contributed by atoms with Crippen molar-refractivity contribution in [3.8, 4) is 28.4 Å². The third-order valence-corrected chi connectivity index (χ3v) is 6.93. The van der Waals surface area contributed by atoms with Crippen LogP contribution >= 0.6 is 11.8 Å². The Bertz CT molecular complexity index is 1300. The molecule has 0 amide bonds. The number of rotatable bonds is 3. The van der Waals surface area contributed by atoms with Gasteiger partial charge in [-0.05, 0) is 36.4 Å². The fourth-order valence-corrected chi connectivity index (χ4v) is 5.20.